The van der Waals surface area contributed by atoms with Gasteiger partial charge in [0.25, 0.3) is 0 Å². The molecule has 0 nitrogen and oxygen atoms in total. The summed E-state index contributed by atoms with van der Waals surface area (Å²) in [5.74, 6) is 0. The van der Waals surface area contributed by atoms with Crippen molar-refractivity contribution in [3.05, 3.63) is 57.6 Å². The van der Waals surface area contributed by atoms with Gasteiger partial charge in [0.2, 0.25) is 0 Å². The Balaban J connectivity index is 2.35. The second kappa shape index (κ2) is 4.21. The van der Waals surface area contributed by atoms with Crippen LogP contribution in [0.1, 0.15) is 51.3 Å². The molecule has 0 atom stereocenters. The van der Waals surface area contributed by atoms with E-state index in [0.29, 0.717) is 0 Å². The number of halogens is 1. The van der Waals surface area contributed by atoms with Crippen molar-refractivity contribution in [2.24, 2.45) is 0 Å². The van der Waals surface area contributed by atoms with Gasteiger partial charge in [-0.15, -0.1) is 0 Å². The van der Waals surface area contributed by atoms with Gasteiger partial charge in [0.1, 0.15) is 0 Å². The molecule has 0 saturated heterocycles. The van der Waals surface area contributed by atoms with E-state index in [1.165, 1.54) is 32.3 Å². The molecule has 0 spiro atoms. The molecule has 0 saturated carbocycles. The van der Waals surface area contributed by atoms with Crippen molar-refractivity contribution < 1.29 is 0 Å². The highest BCUT2D eigenvalue weighted by molar-refractivity contribution is 9.10. The van der Waals surface area contributed by atoms with Crippen molar-refractivity contribution in [1.29, 1.82) is 0 Å². The zero-order valence-corrected chi connectivity index (χ0v) is 14.4. The molecule has 0 N–H and O–H groups in total. The Kier molecular flexibility index (Phi) is 2.92. The minimum absolute atomic E-state index is 0.0791. The van der Waals surface area contributed by atoms with Crippen molar-refractivity contribution >= 4 is 15.9 Å². The monoisotopic (exact) mass is 328 g/mol. The fourth-order valence-electron chi connectivity index (χ4n) is 3.20. The first-order valence-electron chi connectivity index (χ1n) is 7.17. The fraction of sp³-hybridized carbons (Fsp3) is 0.368. The molecule has 0 heterocycles. The molecule has 3 rings (SSSR count). The Bertz CT molecular complexity index is 687. The topological polar surface area (TPSA) is 0 Å². The fourth-order valence-corrected chi connectivity index (χ4v) is 3.87. The lowest BCUT2D eigenvalue weighted by molar-refractivity contribution is 0.584. The number of benzene rings is 2. The molecule has 2 aromatic rings. The zero-order valence-electron chi connectivity index (χ0n) is 12.8. The lowest BCUT2D eigenvalue weighted by Crippen LogP contribution is -2.17. The number of fused-ring (bicyclic) bond motifs is 3. The van der Waals surface area contributed by atoms with Crippen LogP contribution in [0.2, 0.25) is 0 Å². The van der Waals surface area contributed by atoms with Crippen molar-refractivity contribution in [2.45, 2.75) is 45.4 Å². The first-order valence-corrected chi connectivity index (χ1v) is 7.96. The summed E-state index contributed by atoms with van der Waals surface area (Å²) in [6.07, 6.45) is 0. The van der Waals surface area contributed by atoms with Gasteiger partial charge in [0, 0.05) is 15.5 Å². The molecule has 0 aromatic heterocycles. The maximum absolute atomic E-state index is 3.81. The van der Waals surface area contributed by atoms with Crippen LogP contribution in [0.5, 0.6) is 0 Å². The molecule has 0 unspecified atom stereocenters. The third kappa shape index (κ3) is 1.87. The molecular formula is C19H21Br. The van der Waals surface area contributed by atoms with Crippen LogP contribution in [-0.4, -0.2) is 0 Å². The highest BCUT2D eigenvalue weighted by Crippen LogP contribution is 2.52. The normalized spacial score (nSPS) is 15.9. The van der Waals surface area contributed by atoms with Crippen LogP contribution in [-0.2, 0) is 10.8 Å². The molecule has 0 aliphatic heterocycles. The molecule has 1 aliphatic carbocycles. The summed E-state index contributed by atoms with van der Waals surface area (Å²) >= 11 is 3.81. The van der Waals surface area contributed by atoms with Crippen LogP contribution in [0, 0.1) is 0 Å². The van der Waals surface area contributed by atoms with E-state index in [2.05, 4.69) is 86.9 Å². The van der Waals surface area contributed by atoms with Crippen LogP contribution in [0.15, 0.2) is 40.9 Å². The Morgan fingerprint density at radius 2 is 1.60 bits per heavy atom. The van der Waals surface area contributed by atoms with E-state index >= 15 is 0 Å². The second-order valence-corrected chi connectivity index (χ2v) is 8.16. The summed E-state index contributed by atoms with van der Waals surface area (Å²) in [5.41, 5.74) is 7.26. The highest BCUT2D eigenvalue weighted by atomic mass is 79.9. The summed E-state index contributed by atoms with van der Waals surface area (Å²) in [5, 5.41) is 0. The van der Waals surface area contributed by atoms with Gasteiger partial charge in [0.05, 0.1) is 0 Å². The predicted molar refractivity (Wildman–Crippen MR) is 90.4 cm³/mol. The van der Waals surface area contributed by atoms with Crippen LogP contribution >= 0.6 is 15.9 Å². The zero-order chi connectivity index (χ0) is 14.7. The van der Waals surface area contributed by atoms with Crippen LogP contribution < -0.4 is 0 Å². The Hall–Kier alpha value is -1.08. The quantitative estimate of drug-likeness (QED) is 0.552. The summed E-state index contributed by atoms with van der Waals surface area (Å²) in [4.78, 5) is 0. The maximum Gasteiger partial charge on any atom is 0.0259 e. The standard InChI is InChI=1S/C19H21Br/c1-18(2,3)12-10-15-17(16(20)11-12)13-8-6-7-9-14(13)19(15,4)5/h6-11H,1-5H3. The van der Waals surface area contributed by atoms with E-state index in [-0.39, 0.29) is 10.8 Å². The molecule has 1 aliphatic rings. The van der Waals surface area contributed by atoms with E-state index in [9.17, 15) is 0 Å². The molecule has 2 aromatic carbocycles. The third-order valence-corrected chi connectivity index (χ3v) is 5.12. The summed E-state index contributed by atoms with van der Waals surface area (Å²) in [7, 11) is 0. The van der Waals surface area contributed by atoms with Crippen molar-refractivity contribution in [1.82, 2.24) is 0 Å². The van der Waals surface area contributed by atoms with Crippen LogP contribution in [0.3, 0.4) is 0 Å². The van der Waals surface area contributed by atoms with Gasteiger partial charge in [0.15, 0.2) is 0 Å². The van der Waals surface area contributed by atoms with E-state index in [0.717, 1.165) is 0 Å². The Labute approximate surface area is 130 Å². The van der Waals surface area contributed by atoms with Gasteiger partial charge < -0.3 is 0 Å². The molecule has 0 bridgehead atoms. The first-order chi connectivity index (χ1) is 9.23. The maximum atomic E-state index is 3.81. The van der Waals surface area contributed by atoms with Gasteiger partial charge in [-0.25, -0.2) is 0 Å². The largest absolute Gasteiger partial charge is 0.0619 e. The first kappa shape index (κ1) is 13.9. The molecule has 104 valence electrons. The van der Waals surface area contributed by atoms with E-state index in [1.807, 2.05) is 0 Å². The van der Waals surface area contributed by atoms with Crippen LogP contribution in [0.25, 0.3) is 11.1 Å². The van der Waals surface area contributed by atoms with E-state index < -0.39 is 0 Å². The number of rotatable bonds is 0. The lowest BCUT2D eigenvalue weighted by Gasteiger charge is -2.25. The predicted octanol–water partition coefficient (Wildman–Crippen LogP) is 6.05. The molecular weight excluding hydrogens is 308 g/mol. The lowest BCUT2D eigenvalue weighted by atomic mass is 9.79. The van der Waals surface area contributed by atoms with Gasteiger partial charge in [-0.3, -0.25) is 0 Å². The van der Waals surface area contributed by atoms with E-state index in [1.54, 1.807) is 0 Å². The third-order valence-electron chi connectivity index (χ3n) is 4.50. The number of hydrogen-bond acceptors (Lipinski definition) is 0. The van der Waals surface area contributed by atoms with Crippen molar-refractivity contribution in [3.8, 4) is 11.1 Å². The summed E-state index contributed by atoms with van der Waals surface area (Å²) in [6.45, 7) is 11.5. The molecule has 1 heteroatoms. The Morgan fingerprint density at radius 1 is 0.950 bits per heavy atom. The average molecular weight is 329 g/mol. The van der Waals surface area contributed by atoms with Crippen molar-refractivity contribution in [3.63, 3.8) is 0 Å². The Morgan fingerprint density at radius 3 is 2.25 bits per heavy atom. The summed E-state index contributed by atoms with van der Waals surface area (Å²) < 4.78 is 1.22. The van der Waals surface area contributed by atoms with Gasteiger partial charge in [-0.2, -0.15) is 0 Å². The van der Waals surface area contributed by atoms with Gasteiger partial charge in [-0.05, 0) is 33.7 Å². The molecule has 0 amide bonds. The van der Waals surface area contributed by atoms with E-state index in [4.69, 9.17) is 0 Å². The number of hydrogen-bond donors (Lipinski definition) is 0. The summed E-state index contributed by atoms with van der Waals surface area (Å²) in [6, 6.07) is 13.5. The smallest absolute Gasteiger partial charge is 0.0259 e. The molecule has 0 radical (unpaired) electrons. The second-order valence-electron chi connectivity index (χ2n) is 7.30. The average Bonchev–Trinajstić information content (AvgIpc) is 2.59. The molecule has 0 fully saturated rings. The van der Waals surface area contributed by atoms with Crippen molar-refractivity contribution in [2.75, 3.05) is 0 Å². The highest BCUT2D eigenvalue weighted by Gasteiger charge is 2.37. The van der Waals surface area contributed by atoms with Gasteiger partial charge in [-0.1, -0.05) is 80.9 Å². The van der Waals surface area contributed by atoms with Crippen LogP contribution in [0.4, 0.5) is 0 Å². The molecule has 20 heavy (non-hydrogen) atoms. The minimum atomic E-state index is 0.0791. The van der Waals surface area contributed by atoms with Gasteiger partial charge >= 0.3 is 0 Å². The SMILES string of the molecule is CC(C)(C)c1cc(Br)c2c(c1)C(C)(C)c1ccccc1-2. The minimum Gasteiger partial charge on any atom is -0.0619 e.